The van der Waals surface area contributed by atoms with Crippen molar-refractivity contribution in [2.45, 2.75) is 4.90 Å². The molecule has 0 amide bonds. The van der Waals surface area contributed by atoms with Crippen molar-refractivity contribution in [3.05, 3.63) is 59.6 Å². The summed E-state index contributed by atoms with van der Waals surface area (Å²) in [6.07, 6.45) is 1.53. The number of nitriles is 1. The first kappa shape index (κ1) is 17.3. The van der Waals surface area contributed by atoms with Crippen LogP contribution < -0.4 is 14.4 Å². The van der Waals surface area contributed by atoms with E-state index in [1.54, 1.807) is 17.5 Å². The molecule has 136 valence electrons. The van der Waals surface area contributed by atoms with Crippen molar-refractivity contribution in [3.63, 3.8) is 0 Å². The molecule has 2 aromatic carbocycles. The van der Waals surface area contributed by atoms with Crippen LogP contribution in [0.25, 0.3) is 0 Å². The van der Waals surface area contributed by atoms with Gasteiger partial charge in [-0.3, -0.25) is 4.72 Å². The lowest BCUT2D eigenvalue weighted by atomic mass is 10.1. The van der Waals surface area contributed by atoms with Crippen molar-refractivity contribution in [2.75, 3.05) is 22.8 Å². The number of hydrogen-bond acceptors (Lipinski definition) is 7. The van der Waals surface area contributed by atoms with E-state index in [2.05, 4.69) is 15.8 Å². The predicted octanol–water partition coefficient (Wildman–Crippen LogP) is 3.35. The standard InChI is InChI=1S/C18H14N4O3S2/c19-12-13-3-1-2-4-15(13)22-8-9-25-17-11-14(5-6-16(17)22)27(23,24)21-18-20-7-10-26-18/h1-7,10-11H,8-9H2,(H,20,21). The van der Waals surface area contributed by atoms with Gasteiger partial charge in [0.25, 0.3) is 10.0 Å². The SMILES string of the molecule is N#Cc1ccccc1N1CCOc2cc(S(=O)(=O)Nc3nccs3)ccc21. The highest BCUT2D eigenvalue weighted by Gasteiger charge is 2.24. The third-order valence-electron chi connectivity index (χ3n) is 4.07. The molecule has 0 saturated carbocycles. The van der Waals surface area contributed by atoms with E-state index in [9.17, 15) is 13.7 Å². The molecule has 0 unspecified atom stereocenters. The third kappa shape index (κ3) is 3.32. The zero-order chi connectivity index (χ0) is 18.9. The highest BCUT2D eigenvalue weighted by molar-refractivity contribution is 7.93. The van der Waals surface area contributed by atoms with E-state index in [0.717, 1.165) is 11.4 Å². The molecule has 1 aliphatic heterocycles. The highest BCUT2D eigenvalue weighted by Crippen LogP contribution is 2.39. The minimum atomic E-state index is -3.76. The normalized spacial score (nSPS) is 13.4. The first-order valence-electron chi connectivity index (χ1n) is 8.04. The summed E-state index contributed by atoms with van der Waals surface area (Å²) >= 11 is 1.20. The summed E-state index contributed by atoms with van der Waals surface area (Å²) in [5, 5.41) is 11.4. The number of nitrogens with zero attached hydrogens (tertiary/aromatic N) is 3. The smallest absolute Gasteiger partial charge is 0.263 e. The summed E-state index contributed by atoms with van der Waals surface area (Å²) in [5.41, 5.74) is 2.03. The molecule has 2 heterocycles. The van der Waals surface area contributed by atoms with Crippen LogP contribution in [0.2, 0.25) is 0 Å². The summed E-state index contributed by atoms with van der Waals surface area (Å²) < 4.78 is 33.3. The first-order chi connectivity index (χ1) is 13.1. The molecule has 7 nitrogen and oxygen atoms in total. The summed E-state index contributed by atoms with van der Waals surface area (Å²) in [7, 11) is -3.76. The Morgan fingerprint density at radius 3 is 2.85 bits per heavy atom. The lowest BCUT2D eigenvalue weighted by molar-refractivity contribution is 0.313. The molecule has 3 aromatic rings. The van der Waals surface area contributed by atoms with Crippen LogP contribution in [0, 0.1) is 11.3 Å². The van der Waals surface area contributed by atoms with Crippen LogP contribution in [-0.4, -0.2) is 26.6 Å². The number of ether oxygens (including phenoxy) is 1. The zero-order valence-electron chi connectivity index (χ0n) is 14.0. The molecule has 0 aliphatic carbocycles. The van der Waals surface area contributed by atoms with E-state index in [1.807, 2.05) is 23.1 Å². The Hall–Kier alpha value is -3.09. The van der Waals surface area contributed by atoms with Gasteiger partial charge in [0.05, 0.1) is 28.4 Å². The molecule has 1 aliphatic rings. The second kappa shape index (κ2) is 6.90. The van der Waals surface area contributed by atoms with Crippen molar-refractivity contribution in [3.8, 4) is 11.8 Å². The summed E-state index contributed by atoms with van der Waals surface area (Å²) in [5.74, 6) is 0.455. The number of hydrogen-bond donors (Lipinski definition) is 1. The summed E-state index contributed by atoms with van der Waals surface area (Å²) in [6.45, 7) is 0.950. The fraction of sp³-hybridized carbons (Fsp3) is 0.111. The number of nitrogens with one attached hydrogen (secondary N) is 1. The van der Waals surface area contributed by atoms with E-state index in [4.69, 9.17) is 4.74 Å². The lowest BCUT2D eigenvalue weighted by Gasteiger charge is -2.32. The molecule has 0 fully saturated rings. The number of fused-ring (bicyclic) bond motifs is 1. The Balaban J connectivity index is 1.71. The van der Waals surface area contributed by atoms with Gasteiger partial charge in [0.1, 0.15) is 18.4 Å². The molecule has 0 radical (unpaired) electrons. The van der Waals surface area contributed by atoms with Crippen LogP contribution in [0.15, 0.2) is 58.9 Å². The number of para-hydroxylation sites is 1. The molecule has 1 aromatic heterocycles. The van der Waals surface area contributed by atoms with Crippen molar-refractivity contribution in [1.29, 1.82) is 5.26 Å². The monoisotopic (exact) mass is 398 g/mol. The number of aromatic nitrogens is 1. The fourth-order valence-corrected chi connectivity index (χ4v) is 4.67. The van der Waals surface area contributed by atoms with Crippen molar-refractivity contribution < 1.29 is 13.2 Å². The van der Waals surface area contributed by atoms with Gasteiger partial charge in [-0.25, -0.2) is 13.4 Å². The number of rotatable bonds is 4. The second-order valence-corrected chi connectivity index (χ2v) is 8.28. The van der Waals surface area contributed by atoms with Gasteiger partial charge in [-0.05, 0) is 24.3 Å². The second-order valence-electron chi connectivity index (χ2n) is 5.70. The minimum absolute atomic E-state index is 0.0897. The van der Waals surface area contributed by atoms with Gasteiger partial charge in [0.2, 0.25) is 0 Å². The van der Waals surface area contributed by atoms with Gasteiger partial charge >= 0.3 is 0 Å². The topological polar surface area (TPSA) is 95.3 Å². The van der Waals surface area contributed by atoms with Crippen molar-refractivity contribution >= 4 is 37.9 Å². The molecule has 27 heavy (non-hydrogen) atoms. The minimum Gasteiger partial charge on any atom is -0.489 e. The molecule has 0 atom stereocenters. The fourth-order valence-electron chi connectivity index (χ4n) is 2.87. The molecule has 0 saturated heterocycles. The largest absolute Gasteiger partial charge is 0.489 e. The molecule has 0 bridgehead atoms. The van der Waals surface area contributed by atoms with Crippen LogP contribution in [0.1, 0.15) is 5.56 Å². The van der Waals surface area contributed by atoms with Gasteiger partial charge in [-0.1, -0.05) is 12.1 Å². The van der Waals surface area contributed by atoms with Gasteiger partial charge < -0.3 is 9.64 Å². The Morgan fingerprint density at radius 1 is 1.22 bits per heavy atom. The average molecular weight is 398 g/mol. The van der Waals surface area contributed by atoms with Crippen LogP contribution >= 0.6 is 11.3 Å². The van der Waals surface area contributed by atoms with Crippen LogP contribution in [-0.2, 0) is 10.0 Å². The van der Waals surface area contributed by atoms with Gasteiger partial charge in [0.15, 0.2) is 5.13 Å². The molecular formula is C18H14N4O3S2. The van der Waals surface area contributed by atoms with Gasteiger partial charge in [0, 0.05) is 17.6 Å². The van der Waals surface area contributed by atoms with E-state index >= 15 is 0 Å². The van der Waals surface area contributed by atoms with Crippen molar-refractivity contribution in [2.24, 2.45) is 0 Å². The molecule has 4 rings (SSSR count). The highest BCUT2D eigenvalue weighted by atomic mass is 32.2. The Morgan fingerprint density at radius 2 is 2.07 bits per heavy atom. The zero-order valence-corrected chi connectivity index (χ0v) is 15.6. The number of thiazole rings is 1. The van der Waals surface area contributed by atoms with Crippen LogP contribution in [0.4, 0.5) is 16.5 Å². The maximum Gasteiger partial charge on any atom is 0.263 e. The lowest BCUT2D eigenvalue weighted by Crippen LogP contribution is -2.29. The van der Waals surface area contributed by atoms with Crippen LogP contribution in [0.5, 0.6) is 5.75 Å². The maximum absolute atomic E-state index is 12.6. The van der Waals surface area contributed by atoms with Crippen LogP contribution in [0.3, 0.4) is 0 Å². The van der Waals surface area contributed by atoms with E-state index in [-0.39, 0.29) is 4.90 Å². The Bertz CT molecular complexity index is 1120. The average Bonchev–Trinajstić information content (AvgIpc) is 3.19. The van der Waals surface area contributed by atoms with E-state index < -0.39 is 10.0 Å². The first-order valence-corrected chi connectivity index (χ1v) is 10.4. The number of sulfonamides is 1. The van der Waals surface area contributed by atoms with E-state index in [1.165, 1.54) is 29.7 Å². The summed E-state index contributed by atoms with van der Waals surface area (Å²) in [6, 6.07) is 14.2. The van der Waals surface area contributed by atoms with E-state index in [0.29, 0.717) is 29.6 Å². The molecule has 0 spiro atoms. The molecular weight excluding hydrogens is 384 g/mol. The summed E-state index contributed by atoms with van der Waals surface area (Å²) in [4.78, 5) is 5.99. The number of benzene rings is 2. The van der Waals surface area contributed by atoms with Gasteiger partial charge in [-0.2, -0.15) is 5.26 Å². The predicted molar refractivity (Wildman–Crippen MR) is 103 cm³/mol. The number of anilines is 3. The Labute approximate surface area is 160 Å². The molecule has 1 N–H and O–H groups in total. The van der Waals surface area contributed by atoms with Crippen molar-refractivity contribution in [1.82, 2.24) is 4.98 Å². The Kier molecular flexibility index (Phi) is 4.43. The maximum atomic E-state index is 12.6. The molecule has 9 heteroatoms. The van der Waals surface area contributed by atoms with Gasteiger partial charge in [-0.15, -0.1) is 11.3 Å². The quantitative estimate of drug-likeness (QED) is 0.724. The third-order valence-corrected chi connectivity index (χ3v) is 6.23.